The van der Waals surface area contributed by atoms with Crippen LogP contribution in [0.2, 0.25) is 0 Å². The van der Waals surface area contributed by atoms with Crippen LogP contribution in [0.1, 0.15) is 5.56 Å². The average molecular weight is 319 g/mol. The molecule has 0 aliphatic rings. The first-order valence-electron chi connectivity index (χ1n) is 6.44. The molecular weight excluding hydrogens is 306 g/mol. The van der Waals surface area contributed by atoms with Gasteiger partial charge in [0, 0.05) is 13.1 Å². The predicted octanol–water partition coefficient (Wildman–Crippen LogP) is 1.88. The molecule has 0 bridgehead atoms. The average Bonchev–Trinajstić information content (AvgIpc) is 3.12. The summed E-state index contributed by atoms with van der Waals surface area (Å²) < 4.78 is 1.53. The van der Waals surface area contributed by atoms with Crippen molar-refractivity contribution in [2.45, 2.75) is 13.0 Å². The molecule has 7 heteroatoms. The number of thiophene rings is 2. The second kappa shape index (κ2) is 6.19. The van der Waals surface area contributed by atoms with Crippen molar-refractivity contribution in [1.29, 1.82) is 0 Å². The smallest absolute Gasteiger partial charge is 0.262 e. The maximum atomic E-state index is 12.1. The minimum absolute atomic E-state index is 0.0361. The number of nitrogens with one attached hydrogen (secondary N) is 1. The largest absolute Gasteiger partial charge is 0.354 e. The van der Waals surface area contributed by atoms with E-state index in [9.17, 15) is 9.59 Å². The number of hydrogen-bond donors (Lipinski definition) is 1. The lowest BCUT2D eigenvalue weighted by molar-refractivity contribution is -0.120. The summed E-state index contributed by atoms with van der Waals surface area (Å²) in [4.78, 5) is 28.9. The van der Waals surface area contributed by atoms with Gasteiger partial charge < -0.3 is 5.32 Å². The molecule has 0 saturated carbocycles. The van der Waals surface area contributed by atoms with Gasteiger partial charge in [-0.25, -0.2) is 4.98 Å². The number of amides is 1. The highest BCUT2D eigenvalue weighted by Gasteiger charge is 2.06. The maximum absolute atomic E-state index is 12.1. The summed E-state index contributed by atoms with van der Waals surface area (Å²) in [6.45, 7) is 0.840. The van der Waals surface area contributed by atoms with Gasteiger partial charge in [-0.2, -0.15) is 11.3 Å². The summed E-state index contributed by atoms with van der Waals surface area (Å²) in [5.74, 6) is -0.0361. The van der Waals surface area contributed by atoms with Crippen molar-refractivity contribution in [2.24, 2.45) is 0 Å². The van der Waals surface area contributed by atoms with E-state index in [-0.39, 0.29) is 11.5 Å². The zero-order chi connectivity index (χ0) is 14.7. The summed E-state index contributed by atoms with van der Waals surface area (Å²) in [5.41, 5.74) is 0.948. The predicted molar refractivity (Wildman–Crippen MR) is 84.9 cm³/mol. The van der Waals surface area contributed by atoms with Gasteiger partial charge in [0.15, 0.2) is 0 Å². The highest BCUT2D eigenvalue weighted by molar-refractivity contribution is 7.16. The Hall–Kier alpha value is -1.99. The van der Waals surface area contributed by atoms with Gasteiger partial charge >= 0.3 is 0 Å². The van der Waals surface area contributed by atoms with E-state index in [2.05, 4.69) is 10.3 Å². The van der Waals surface area contributed by atoms with Gasteiger partial charge in [0.1, 0.15) is 4.83 Å². The number of hydrogen-bond acceptors (Lipinski definition) is 5. The van der Waals surface area contributed by atoms with Crippen molar-refractivity contribution in [3.63, 3.8) is 0 Å². The molecule has 3 aromatic rings. The number of aromatic nitrogens is 2. The molecule has 0 aromatic carbocycles. The molecule has 3 heterocycles. The normalized spacial score (nSPS) is 10.9. The van der Waals surface area contributed by atoms with Gasteiger partial charge in [-0.1, -0.05) is 0 Å². The molecule has 0 aliphatic heterocycles. The quantitative estimate of drug-likeness (QED) is 0.781. The third-order valence-electron chi connectivity index (χ3n) is 3.07. The number of rotatable bonds is 5. The lowest BCUT2D eigenvalue weighted by Crippen LogP contribution is -2.31. The fourth-order valence-corrected chi connectivity index (χ4v) is 3.40. The van der Waals surface area contributed by atoms with E-state index in [4.69, 9.17) is 0 Å². The molecule has 21 heavy (non-hydrogen) atoms. The standard InChI is InChI=1S/C14H13N3O2S2/c18-12(7-10-1-5-20-8-10)15-3-4-17-9-16-13-11(14(17)19)2-6-21-13/h1-2,5-6,8-9H,3-4,7H2,(H,15,18). The Morgan fingerprint density at radius 1 is 1.33 bits per heavy atom. The van der Waals surface area contributed by atoms with E-state index in [1.54, 1.807) is 17.4 Å². The highest BCUT2D eigenvalue weighted by Crippen LogP contribution is 2.13. The summed E-state index contributed by atoms with van der Waals surface area (Å²) in [7, 11) is 0. The summed E-state index contributed by atoms with van der Waals surface area (Å²) in [5, 5.41) is 9.21. The van der Waals surface area contributed by atoms with Gasteiger partial charge in [0.2, 0.25) is 5.91 Å². The van der Waals surface area contributed by atoms with Crippen LogP contribution in [-0.4, -0.2) is 22.0 Å². The van der Waals surface area contributed by atoms with E-state index >= 15 is 0 Å². The summed E-state index contributed by atoms with van der Waals surface area (Å²) >= 11 is 3.02. The van der Waals surface area contributed by atoms with Crippen molar-refractivity contribution >= 4 is 38.8 Å². The molecule has 1 N–H and O–H groups in total. The number of nitrogens with zero attached hydrogens (tertiary/aromatic N) is 2. The SMILES string of the molecule is O=C(Cc1ccsc1)NCCn1cnc2sccc2c1=O. The highest BCUT2D eigenvalue weighted by atomic mass is 32.1. The summed E-state index contributed by atoms with van der Waals surface area (Å²) in [6, 6.07) is 3.71. The van der Waals surface area contributed by atoms with Crippen LogP contribution in [0.15, 0.2) is 39.4 Å². The lowest BCUT2D eigenvalue weighted by Gasteiger charge is -2.07. The Kier molecular flexibility index (Phi) is 4.12. The summed E-state index contributed by atoms with van der Waals surface area (Å²) in [6.07, 6.45) is 1.91. The van der Waals surface area contributed by atoms with E-state index in [1.165, 1.54) is 22.2 Å². The monoisotopic (exact) mass is 319 g/mol. The Morgan fingerprint density at radius 2 is 2.24 bits per heavy atom. The first kappa shape index (κ1) is 14.0. The first-order valence-corrected chi connectivity index (χ1v) is 8.27. The van der Waals surface area contributed by atoms with E-state index in [1.807, 2.05) is 22.2 Å². The van der Waals surface area contributed by atoms with Crippen LogP contribution in [0.5, 0.6) is 0 Å². The first-order chi connectivity index (χ1) is 10.2. The van der Waals surface area contributed by atoms with Crippen LogP contribution >= 0.6 is 22.7 Å². The van der Waals surface area contributed by atoms with Gasteiger partial charge in [0.05, 0.1) is 18.1 Å². The second-order valence-electron chi connectivity index (χ2n) is 4.54. The lowest BCUT2D eigenvalue weighted by atomic mass is 10.2. The van der Waals surface area contributed by atoms with Crippen LogP contribution < -0.4 is 10.9 Å². The topological polar surface area (TPSA) is 64.0 Å². The molecular formula is C14H13N3O2S2. The third kappa shape index (κ3) is 3.20. The van der Waals surface area contributed by atoms with E-state index in [0.717, 1.165) is 10.4 Å². The molecule has 0 unspecified atom stereocenters. The van der Waals surface area contributed by atoms with Gasteiger partial charge in [-0.05, 0) is 33.8 Å². The fourth-order valence-electron chi connectivity index (χ4n) is 2.01. The zero-order valence-corrected chi connectivity index (χ0v) is 12.7. The van der Waals surface area contributed by atoms with Crippen LogP contribution in [0, 0.1) is 0 Å². The minimum Gasteiger partial charge on any atom is -0.354 e. The molecule has 3 aromatic heterocycles. The number of carbonyl (C=O) groups is 1. The minimum atomic E-state index is -0.0617. The molecule has 0 aliphatic carbocycles. The van der Waals surface area contributed by atoms with E-state index in [0.29, 0.717) is 24.9 Å². The molecule has 0 fully saturated rings. The van der Waals surface area contributed by atoms with Crippen molar-refractivity contribution in [2.75, 3.05) is 6.54 Å². The van der Waals surface area contributed by atoms with Gasteiger partial charge in [-0.3, -0.25) is 14.2 Å². The Labute approximate surface area is 128 Å². The van der Waals surface area contributed by atoms with Crippen LogP contribution in [-0.2, 0) is 17.8 Å². The molecule has 0 saturated heterocycles. The molecule has 0 radical (unpaired) electrons. The van der Waals surface area contributed by atoms with Gasteiger partial charge in [0.25, 0.3) is 5.56 Å². The molecule has 3 rings (SSSR count). The van der Waals surface area contributed by atoms with Gasteiger partial charge in [-0.15, -0.1) is 11.3 Å². The van der Waals surface area contributed by atoms with Crippen LogP contribution in [0.3, 0.4) is 0 Å². The fraction of sp³-hybridized carbons (Fsp3) is 0.214. The van der Waals surface area contributed by atoms with Crippen molar-refractivity contribution in [3.05, 3.63) is 50.5 Å². The number of fused-ring (bicyclic) bond motifs is 1. The Morgan fingerprint density at radius 3 is 3.05 bits per heavy atom. The molecule has 0 atom stereocenters. The van der Waals surface area contributed by atoms with Crippen LogP contribution in [0.25, 0.3) is 10.2 Å². The Balaban J connectivity index is 1.58. The second-order valence-corrected chi connectivity index (χ2v) is 6.22. The van der Waals surface area contributed by atoms with Crippen molar-refractivity contribution in [1.82, 2.24) is 14.9 Å². The molecule has 1 amide bonds. The molecule has 5 nitrogen and oxygen atoms in total. The van der Waals surface area contributed by atoms with Crippen LogP contribution in [0.4, 0.5) is 0 Å². The zero-order valence-electron chi connectivity index (χ0n) is 11.1. The number of carbonyl (C=O) groups excluding carboxylic acids is 1. The van der Waals surface area contributed by atoms with Crippen molar-refractivity contribution in [3.8, 4) is 0 Å². The molecule has 108 valence electrons. The maximum Gasteiger partial charge on any atom is 0.262 e. The third-order valence-corrected chi connectivity index (χ3v) is 4.62. The van der Waals surface area contributed by atoms with Crippen molar-refractivity contribution < 1.29 is 4.79 Å². The molecule has 0 spiro atoms. The Bertz CT molecular complexity index is 805. The van der Waals surface area contributed by atoms with E-state index < -0.39 is 0 Å².